The normalized spacial score (nSPS) is 12.2. The number of thioether (sulfide) groups is 1. The first kappa shape index (κ1) is 12.6. The van der Waals surface area contributed by atoms with E-state index in [-0.39, 0.29) is 11.2 Å². The van der Waals surface area contributed by atoms with Crippen LogP contribution in [0.1, 0.15) is 17.7 Å². The van der Waals surface area contributed by atoms with Gasteiger partial charge in [0.05, 0.1) is 12.9 Å². The lowest BCUT2D eigenvalue weighted by Crippen LogP contribution is -2.04. The average Bonchev–Trinajstić information content (AvgIpc) is 2.26. The molecule has 1 rings (SSSR count). The number of carbonyl (C=O) groups excluding carboxylic acids is 1. The Bertz CT molecular complexity index is 341. The van der Waals surface area contributed by atoms with Gasteiger partial charge in [-0.25, -0.2) is 0 Å². The van der Waals surface area contributed by atoms with E-state index in [4.69, 9.17) is 0 Å². The topological polar surface area (TPSA) is 26.3 Å². The first-order valence-corrected chi connectivity index (χ1v) is 6.42. The van der Waals surface area contributed by atoms with Crippen molar-refractivity contribution in [3.05, 3.63) is 34.3 Å². The molecule has 0 fully saturated rings. The molecule has 82 valence electrons. The summed E-state index contributed by atoms with van der Waals surface area (Å²) in [4.78, 5) is 11.0. The summed E-state index contributed by atoms with van der Waals surface area (Å²) in [5.74, 6) is 0.206. The number of rotatable bonds is 4. The summed E-state index contributed by atoms with van der Waals surface area (Å²) in [6.45, 7) is 2.08. The van der Waals surface area contributed by atoms with Gasteiger partial charge in [0.1, 0.15) is 0 Å². The van der Waals surface area contributed by atoms with Gasteiger partial charge in [-0.15, -0.1) is 11.8 Å². The Morgan fingerprint density at radius 1 is 1.53 bits per heavy atom. The standard InChI is InChI=1S/C11H13BrO2S/c1-8(15-7-11(13)14-2)9-5-3-4-6-10(9)12/h3-6,8H,7H2,1-2H3. The zero-order chi connectivity index (χ0) is 11.3. The van der Waals surface area contributed by atoms with Crippen molar-refractivity contribution in [1.82, 2.24) is 0 Å². The maximum atomic E-state index is 11.0. The molecule has 0 radical (unpaired) electrons. The molecule has 0 amide bonds. The van der Waals surface area contributed by atoms with E-state index in [0.717, 1.165) is 4.47 Å². The SMILES string of the molecule is COC(=O)CSC(C)c1ccccc1Br. The summed E-state index contributed by atoms with van der Waals surface area (Å²) < 4.78 is 5.67. The van der Waals surface area contributed by atoms with Crippen LogP contribution < -0.4 is 0 Å². The molecule has 0 saturated carbocycles. The van der Waals surface area contributed by atoms with Crippen molar-refractivity contribution in [2.45, 2.75) is 12.2 Å². The number of hydrogen-bond donors (Lipinski definition) is 0. The van der Waals surface area contributed by atoms with Gasteiger partial charge < -0.3 is 4.74 Å². The zero-order valence-corrected chi connectivity index (χ0v) is 11.1. The van der Waals surface area contributed by atoms with Gasteiger partial charge in [0.25, 0.3) is 0 Å². The monoisotopic (exact) mass is 288 g/mol. The Labute approximate surface area is 103 Å². The highest BCUT2D eigenvalue weighted by atomic mass is 79.9. The predicted octanol–water partition coefficient (Wildman–Crippen LogP) is 3.42. The summed E-state index contributed by atoms with van der Waals surface area (Å²) in [6, 6.07) is 8.03. The van der Waals surface area contributed by atoms with Crippen molar-refractivity contribution in [2.24, 2.45) is 0 Å². The molecule has 1 aromatic rings. The summed E-state index contributed by atoms with van der Waals surface area (Å²) in [6.07, 6.45) is 0. The molecule has 4 heteroatoms. The Balaban J connectivity index is 2.57. The Kier molecular flexibility index (Phi) is 5.19. The minimum Gasteiger partial charge on any atom is -0.468 e. The van der Waals surface area contributed by atoms with Crippen LogP contribution >= 0.6 is 27.7 Å². The fraction of sp³-hybridized carbons (Fsp3) is 0.364. The van der Waals surface area contributed by atoms with E-state index in [0.29, 0.717) is 5.75 Å². The lowest BCUT2D eigenvalue weighted by atomic mass is 10.2. The molecule has 0 N–H and O–H groups in total. The lowest BCUT2D eigenvalue weighted by Gasteiger charge is -2.12. The fourth-order valence-electron chi connectivity index (χ4n) is 1.15. The molecule has 0 spiro atoms. The third kappa shape index (κ3) is 3.87. The van der Waals surface area contributed by atoms with Crippen LogP contribution in [0.25, 0.3) is 0 Å². The molecule has 1 unspecified atom stereocenters. The number of esters is 1. The summed E-state index contributed by atoms with van der Waals surface area (Å²) in [7, 11) is 1.41. The van der Waals surface area contributed by atoms with E-state index < -0.39 is 0 Å². The van der Waals surface area contributed by atoms with Gasteiger partial charge in [0, 0.05) is 9.72 Å². The van der Waals surface area contributed by atoms with Crippen LogP contribution in [0, 0.1) is 0 Å². The minimum absolute atomic E-state index is 0.182. The van der Waals surface area contributed by atoms with E-state index >= 15 is 0 Å². The highest BCUT2D eigenvalue weighted by Gasteiger charge is 2.11. The Morgan fingerprint density at radius 3 is 2.80 bits per heavy atom. The van der Waals surface area contributed by atoms with E-state index in [2.05, 4.69) is 33.7 Å². The van der Waals surface area contributed by atoms with Gasteiger partial charge in [-0.05, 0) is 18.6 Å². The Hall–Kier alpha value is -0.480. The van der Waals surface area contributed by atoms with Crippen molar-refractivity contribution < 1.29 is 9.53 Å². The highest BCUT2D eigenvalue weighted by molar-refractivity contribution is 9.10. The highest BCUT2D eigenvalue weighted by Crippen LogP contribution is 2.32. The van der Waals surface area contributed by atoms with Crippen LogP contribution in [0.4, 0.5) is 0 Å². The van der Waals surface area contributed by atoms with Crippen molar-refractivity contribution in [3.63, 3.8) is 0 Å². The number of ether oxygens (including phenoxy) is 1. The molecule has 15 heavy (non-hydrogen) atoms. The molecule has 0 bridgehead atoms. The smallest absolute Gasteiger partial charge is 0.315 e. The van der Waals surface area contributed by atoms with Gasteiger partial charge in [0.2, 0.25) is 0 Å². The van der Waals surface area contributed by atoms with E-state index in [9.17, 15) is 4.79 Å². The summed E-state index contributed by atoms with van der Waals surface area (Å²) in [5.41, 5.74) is 1.20. The molecule has 0 heterocycles. The molecule has 1 aromatic carbocycles. The maximum absolute atomic E-state index is 11.0. The average molecular weight is 289 g/mol. The van der Waals surface area contributed by atoms with E-state index in [1.165, 1.54) is 12.7 Å². The maximum Gasteiger partial charge on any atom is 0.315 e. The van der Waals surface area contributed by atoms with E-state index in [1.807, 2.05) is 18.2 Å². The Morgan fingerprint density at radius 2 is 2.20 bits per heavy atom. The van der Waals surface area contributed by atoms with Gasteiger partial charge in [-0.3, -0.25) is 4.79 Å². The minimum atomic E-state index is -0.182. The number of carbonyl (C=O) groups is 1. The first-order valence-electron chi connectivity index (χ1n) is 4.58. The van der Waals surface area contributed by atoms with Crippen molar-refractivity contribution in [3.8, 4) is 0 Å². The largest absolute Gasteiger partial charge is 0.468 e. The van der Waals surface area contributed by atoms with Gasteiger partial charge in [0.15, 0.2) is 0 Å². The fourth-order valence-corrected chi connectivity index (χ4v) is 2.82. The van der Waals surface area contributed by atoms with Crippen LogP contribution in [0.5, 0.6) is 0 Å². The molecule has 2 nitrogen and oxygen atoms in total. The van der Waals surface area contributed by atoms with Gasteiger partial charge in [-0.2, -0.15) is 0 Å². The van der Waals surface area contributed by atoms with Crippen LogP contribution in [-0.4, -0.2) is 18.8 Å². The number of benzene rings is 1. The van der Waals surface area contributed by atoms with Gasteiger partial charge >= 0.3 is 5.97 Å². The van der Waals surface area contributed by atoms with E-state index in [1.54, 1.807) is 11.8 Å². The second kappa shape index (κ2) is 6.18. The van der Waals surface area contributed by atoms with Crippen molar-refractivity contribution >= 4 is 33.7 Å². The van der Waals surface area contributed by atoms with Crippen molar-refractivity contribution in [1.29, 1.82) is 0 Å². The summed E-state index contributed by atoms with van der Waals surface area (Å²) in [5, 5.41) is 0.277. The van der Waals surface area contributed by atoms with Crippen LogP contribution in [0.3, 0.4) is 0 Å². The first-order chi connectivity index (χ1) is 7.15. The quantitative estimate of drug-likeness (QED) is 0.794. The second-order valence-electron chi connectivity index (χ2n) is 3.05. The third-order valence-corrected chi connectivity index (χ3v) is 3.90. The van der Waals surface area contributed by atoms with Crippen molar-refractivity contribution in [2.75, 3.05) is 12.9 Å². The molecule has 0 aromatic heterocycles. The molecular weight excluding hydrogens is 276 g/mol. The number of hydrogen-bond acceptors (Lipinski definition) is 3. The number of methoxy groups -OCH3 is 1. The molecule has 0 aliphatic rings. The van der Waals surface area contributed by atoms with Crippen LogP contribution in [-0.2, 0) is 9.53 Å². The second-order valence-corrected chi connectivity index (χ2v) is 5.23. The molecule has 0 aliphatic carbocycles. The third-order valence-electron chi connectivity index (χ3n) is 2.02. The lowest BCUT2D eigenvalue weighted by molar-refractivity contribution is -0.137. The van der Waals surface area contributed by atoms with Gasteiger partial charge in [-0.1, -0.05) is 34.1 Å². The molecule has 1 atom stereocenters. The molecule has 0 aliphatic heterocycles. The molecular formula is C11H13BrO2S. The van der Waals surface area contributed by atoms with Crippen LogP contribution in [0.2, 0.25) is 0 Å². The zero-order valence-electron chi connectivity index (χ0n) is 8.70. The summed E-state index contributed by atoms with van der Waals surface area (Å²) >= 11 is 5.06. The van der Waals surface area contributed by atoms with Crippen LogP contribution in [0.15, 0.2) is 28.7 Å². The predicted molar refractivity (Wildman–Crippen MR) is 67.0 cm³/mol. The number of halogens is 1. The molecule has 0 saturated heterocycles.